The summed E-state index contributed by atoms with van der Waals surface area (Å²) in [6, 6.07) is 7.68. The maximum Gasteiger partial charge on any atom is 0.410 e. The molecule has 0 atom stereocenters. The minimum Gasteiger partial charge on any atom is -0.444 e. The van der Waals surface area contributed by atoms with Gasteiger partial charge in [0.25, 0.3) is 0 Å². The van der Waals surface area contributed by atoms with Gasteiger partial charge in [0.05, 0.1) is 12.7 Å². The molecule has 1 amide bonds. The lowest BCUT2D eigenvalue weighted by Crippen LogP contribution is -2.43. The van der Waals surface area contributed by atoms with Gasteiger partial charge in [0.2, 0.25) is 0 Å². The molecule has 132 valence electrons. The lowest BCUT2D eigenvalue weighted by atomic mass is 10.1. The number of ether oxygens (including phenoxy) is 2. The number of rotatable bonds is 4. The SMILES string of the molecule is CC(C)(C)OC(=O)N1CCC(OC/C=C/c2ccc(Cl)cc2)CC1. The Morgan fingerprint density at radius 2 is 1.88 bits per heavy atom. The largest absolute Gasteiger partial charge is 0.444 e. The first kappa shape index (κ1) is 18.8. The van der Waals surface area contributed by atoms with E-state index in [-0.39, 0.29) is 12.2 Å². The van der Waals surface area contributed by atoms with Crippen LogP contribution in [0.5, 0.6) is 0 Å². The van der Waals surface area contributed by atoms with Crippen LogP contribution in [0.1, 0.15) is 39.2 Å². The van der Waals surface area contributed by atoms with E-state index < -0.39 is 5.60 Å². The molecule has 4 nitrogen and oxygen atoms in total. The standard InChI is InChI=1S/C19H26ClNO3/c1-19(2,3)24-18(22)21-12-10-17(11-13-21)23-14-4-5-15-6-8-16(20)9-7-15/h4-9,17H,10-14H2,1-3H3/b5-4+. The Bertz CT molecular complexity index is 555. The zero-order valence-corrected chi connectivity index (χ0v) is 15.4. The van der Waals surface area contributed by atoms with E-state index in [1.165, 1.54) is 0 Å². The first-order chi connectivity index (χ1) is 11.3. The summed E-state index contributed by atoms with van der Waals surface area (Å²) in [4.78, 5) is 13.8. The number of likely N-dealkylation sites (tertiary alicyclic amines) is 1. The Morgan fingerprint density at radius 1 is 1.25 bits per heavy atom. The lowest BCUT2D eigenvalue weighted by molar-refractivity contribution is -0.00463. The van der Waals surface area contributed by atoms with Crippen LogP contribution in [0.4, 0.5) is 4.79 Å². The predicted molar refractivity (Wildman–Crippen MR) is 97.3 cm³/mol. The molecule has 1 saturated heterocycles. The summed E-state index contributed by atoms with van der Waals surface area (Å²) >= 11 is 5.86. The smallest absolute Gasteiger partial charge is 0.410 e. The molecule has 5 heteroatoms. The molecule has 0 bridgehead atoms. The molecule has 1 aromatic carbocycles. The maximum atomic E-state index is 12.0. The van der Waals surface area contributed by atoms with Gasteiger partial charge in [-0.15, -0.1) is 0 Å². The van der Waals surface area contributed by atoms with Crippen LogP contribution in [0.3, 0.4) is 0 Å². The molecule has 0 spiro atoms. The number of benzene rings is 1. The van der Waals surface area contributed by atoms with E-state index in [0.29, 0.717) is 19.7 Å². The van der Waals surface area contributed by atoms with Gasteiger partial charge in [-0.2, -0.15) is 0 Å². The predicted octanol–water partition coefficient (Wildman–Crippen LogP) is 4.77. The second-order valence-corrected chi connectivity index (χ2v) is 7.39. The van der Waals surface area contributed by atoms with E-state index in [0.717, 1.165) is 23.4 Å². The zero-order chi connectivity index (χ0) is 17.6. The number of hydrogen-bond acceptors (Lipinski definition) is 3. The third-order valence-electron chi connectivity index (χ3n) is 3.70. The quantitative estimate of drug-likeness (QED) is 0.784. The molecule has 1 aliphatic rings. The Hall–Kier alpha value is -1.52. The number of amides is 1. The fourth-order valence-electron chi connectivity index (χ4n) is 2.48. The van der Waals surface area contributed by atoms with Gasteiger partial charge >= 0.3 is 6.09 Å². The van der Waals surface area contributed by atoms with E-state index in [1.807, 2.05) is 57.2 Å². The molecule has 1 aromatic rings. The molecule has 0 aromatic heterocycles. The Balaban J connectivity index is 1.68. The van der Waals surface area contributed by atoms with E-state index in [1.54, 1.807) is 4.90 Å². The van der Waals surface area contributed by atoms with Crippen molar-refractivity contribution < 1.29 is 14.3 Å². The van der Waals surface area contributed by atoms with Crippen molar-refractivity contribution in [2.75, 3.05) is 19.7 Å². The molecule has 1 aliphatic heterocycles. The summed E-state index contributed by atoms with van der Waals surface area (Å²) in [5.74, 6) is 0. The third kappa shape index (κ3) is 6.54. The Kier molecular flexibility index (Phi) is 6.69. The van der Waals surface area contributed by atoms with Crippen molar-refractivity contribution in [1.29, 1.82) is 0 Å². The van der Waals surface area contributed by atoms with Crippen molar-refractivity contribution in [3.8, 4) is 0 Å². The minimum absolute atomic E-state index is 0.193. The monoisotopic (exact) mass is 351 g/mol. The summed E-state index contributed by atoms with van der Waals surface area (Å²) in [7, 11) is 0. The van der Waals surface area contributed by atoms with Crippen LogP contribution in [0, 0.1) is 0 Å². The van der Waals surface area contributed by atoms with Crippen LogP contribution in [0.2, 0.25) is 5.02 Å². The van der Waals surface area contributed by atoms with Crippen molar-refractivity contribution in [2.24, 2.45) is 0 Å². The van der Waals surface area contributed by atoms with E-state index in [4.69, 9.17) is 21.1 Å². The highest BCUT2D eigenvalue weighted by Crippen LogP contribution is 2.17. The molecule has 24 heavy (non-hydrogen) atoms. The van der Waals surface area contributed by atoms with Gasteiger partial charge in [-0.3, -0.25) is 0 Å². The van der Waals surface area contributed by atoms with Gasteiger partial charge in [-0.25, -0.2) is 4.79 Å². The molecule has 1 heterocycles. The summed E-state index contributed by atoms with van der Waals surface area (Å²) in [6.07, 6.45) is 5.67. The minimum atomic E-state index is -0.448. The molecule has 2 rings (SSSR count). The summed E-state index contributed by atoms with van der Waals surface area (Å²) in [5, 5.41) is 0.736. The Morgan fingerprint density at radius 3 is 2.46 bits per heavy atom. The van der Waals surface area contributed by atoms with E-state index in [2.05, 4.69) is 0 Å². The first-order valence-corrected chi connectivity index (χ1v) is 8.73. The first-order valence-electron chi connectivity index (χ1n) is 8.35. The normalized spacial score (nSPS) is 16.6. The molecule has 0 aliphatic carbocycles. The van der Waals surface area contributed by atoms with E-state index >= 15 is 0 Å². The number of piperidine rings is 1. The number of halogens is 1. The average Bonchev–Trinajstić information content (AvgIpc) is 2.52. The van der Waals surface area contributed by atoms with Gasteiger partial charge in [0.1, 0.15) is 5.60 Å². The van der Waals surface area contributed by atoms with Crippen LogP contribution in [0.15, 0.2) is 30.3 Å². The fourth-order valence-corrected chi connectivity index (χ4v) is 2.61. The van der Waals surface area contributed by atoms with Crippen molar-refractivity contribution in [2.45, 2.75) is 45.3 Å². The van der Waals surface area contributed by atoms with Crippen LogP contribution >= 0.6 is 11.6 Å². The second kappa shape index (κ2) is 8.54. The second-order valence-electron chi connectivity index (χ2n) is 6.95. The van der Waals surface area contributed by atoms with Crippen molar-refractivity contribution in [1.82, 2.24) is 4.90 Å². The average molecular weight is 352 g/mol. The highest BCUT2D eigenvalue weighted by molar-refractivity contribution is 6.30. The fraction of sp³-hybridized carbons (Fsp3) is 0.526. The highest BCUT2D eigenvalue weighted by Gasteiger charge is 2.26. The number of carbonyl (C=O) groups excluding carboxylic acids is 1. The molecule has 0 saturated carbocycles. The van der Waals surface area contributed by atoms with E-state index in [9.17, 15) is 4.79 Å². The van der Waals surface area contributed by atoms with Crippen molar-refractivity contribution in [3.63, 3.8) is 0 Å². The Labute approximate surface area is 149 Å². The molecule has 0 unspecified atom stereocenters. The number of carbonyl (C=O) groups is 1. The molecular formula is C19H26ClNO3. The lowest BCUT2D eigenvalue weighted by Gasteiger charge is -2.33. The van der Waals surface area contributed by atoms with Gasteiger partial charge in [0.15, 0.2) is 0 Å². The van der Waals surface area contributed by atoms with Crippen LogP contribution in [-0.4, -0.2) is 42.4 Å². The van der Waals surface area contributed by atoms with Gasteiger partial charge < -0.3 is 14.4 Å². The van der Waals surface area contributed by atoms with Crippen LogP contribution in [0.25, 0.3) is 6.08 Å². The molecule has 0 N–H and O–H groups in total. The van der Waals surface area contributed by atoms with Gasteiger partial charge in [-0.1, -0.05) is 35.9 Å². The summed E-state index contributed by atoms with van der Waals surface area (Å²) < 4.78 is 11.3. The van der Waals surface area contributed by atoms with Gasteiger partial charge in [0, 0.05) is 18.1 Å². The number of nitrogens with zero attached hydrogens (tertiary/aromatic N) is 1. The molecule has 0 radical (unpaired) electrons. The maximum absolute atomic E-state index is 12.0. The molecule has 1 fully saturated rings. The molecular weight excluding hydrogens is 326 g/mol. The van der Waals surface area contributed by atoms with Gasteiger partial charge in [-0.05, 0) is 51.3 Å². The van der Waals surface area contributed by atoms with Crippen molar-refractivity contribution in [3.05, 3.63) is 40.9 Å². The number of hydrogen-bond donors (Lipinski definition) is 0. The summed E-state index contributed by atoms with van der Waals surface area (Å²) in [5.41, 5.74) is 0.652. The highest BCUT2D eigenvalue weighted by atomic mass is 35.5. The van der Waals surface area contributed by atoms with Crippen LogP contribution < -0.4 is 0 Å². The summed E-state index contributed by atoms with van der Waals surface area (Å²) in [6.45, 7) is 7.58. The third-order valence-corrected chi connectivity index (χ3v) is 3.95. The zero-order valence-electron chi connectivity index (χ0n) is 14.6. The topological polar surface area (TPSA) is 38.8 Å². The van der Waals surface area contributed by atoms with Crippen LogP contribution in [-0.2, 0) is 9.47 Å². The van der Waals surface area contributed by atoms with Crippen molar-refractivity contribution >= 4 is 23.8 Å².